The van der Waals surface area contributed by atoms with Gasteiger partial charge in [-0.25, -0.2) is 0 Å². The summed E-state index contributed by atoms with van der Waals surface area (Å²) >= 11 is 7.80. The zero-order valence-electron chi connectivity index (χ0n) is 10.4. The van der Waals surface area contributed by atoms with E-state index in [9.17, 15) is 0 Å². The zero-order valence-corrected chi connectivity index (χ0v) is 12.0. The van der Waals surface area contributed by atoms with Gasteiger partial charge in [0.05, 0.1) is 0 Å². The maximum Gasteiger partial charge on any atom is 0.0410 e. The molecule has 4 heteroatoms. The van der Waals surface area contributed by atoms with Crippen LogP contribution in [0.4, 0.5) is 5.69 Å². The minimum Gasteiger partial charge on any atom is -0.398 e. The van der Waals surface area contributed by atoms with Crippen molar-refractivity contribution in [3.8, 4) is 0 Å². The van der Waals surface area contributed by atoms with Crippen molar-refractivity contribution in [1.82, 2.24) is 4.90 Å². The molecule has 1 aromatic carbocycles. The maximum atomic E-state index is 6.01. The molecule has 2 rings (SSSR count). The number of rotatable bonds is 5. The summed E-state index contributed by atoms with van der Waals surface area (Å²) in [6.45, 7) is 4.94. The monoisotopic (exact) mass is 280 g/mol. The number of thiophene rings is 1. The molecule has 0 aliphatic carbocycles. The van der Waals surface area contributed by atoms with Crippen LogP contribution in [0.1, 0.15) is 17.4 Å². The van der Waals surface area contributed by atoms with E-state index in [-0.39, 0.29) is 0 Å². The summed E-state index contributed by atoms with van der Waals surface area (Å²) in [6, 6.07) is 9.90. The largest absolute Gasteiger partial charge is 0.398 e. The van der Waals surface area contributed by atoms with Crippen LogP contribution in [-0.4, -0.2) is 11.4 Å². The fraction of sp³-hybridized carbons (Fsp3) is 0.286. The first-order valence-corrected chi connectivity index (χ1v) is 7.23. The van der Waals surface area contributed by atoms with E-state index in [0.717, 1.165) is 35.9 Å². The number of anilines is 1. The molecule has 0 unspecified atom stereocenters. The topological polar surface area (TPSA) is 29.3 Å². The van der Waals surface area contributed by atoms with Crippen LogP contribution < -0.4 is 5.73 Å². The molecule has 0 bridgehead atoms. The molecule has 0 spiro atoms. The summed E-state index contributed by atoms with van der Waals surface area (Å²) in [7, 11) is 0. The zero-order chi connectivity index (χ0) is 13.0. The normalized spacial score (nSPS) is 11.1. The molecular weight excluding hydrogens is 264 g/mol. The number of hydrogen-bond donors (Lipinski definition) is 1. The summed E-state index contributed by atoms with van der Waals surface area (Å²) < 4.78 is 0. The van der Waals surface area contributed by atoms with E-state index in [2.05, 4.69) is 29.3 Å². The van der Waals surface area contributed by atoms with Gasteiger partial charge in [0.25, 0.3) is 0 Å². The molecule has 18 heavy (non-hydrogen) atoms. The lowest BCUT2D eigenvalue weighted by molar-refractivity contribution is 0.274. The predicted octanol–water partition coefficient (Wildman–Crippen LogP) is 4.01. The molecule has 0 aliphatic rings. The van der Waals surface area contributed by atoms with Gasteiger partial charge in [0, 0.05) is 28.7 Å². The second-order valence-corrected chi connectivity index (χ2v) is 5.69. The number of nitrogens with zero attached hydrogens (tertiary/aromatic N) is 1. The highest BCUT2D eigenvalue weighted by molar-refractivity contribution is 7.09. The van der Waals surface area contributed by atoms with Crippen LogP contribution in [-0.2, 0) is 13.1 Å². The molecular formula is C14H17ClN2S. The van der Waals surface area contributed by atoms with Crippen LogP contribution in [0.25, 0.3) is 0 Å². The first kappa shape index (κ1) is 13.4. The summed E-state index contributed by atoms with van der Waals surface area (Å²) in [4.78, 5) is 3.73. The van der Waals surface area contributed by atoms with Crippen molar-refractivity contribution < 1.29 is 0 Å². The summed E-state index contributed by atoms with van der Waals surface area (Å²) in [6.07, 6.45) is 0. The molecule has 2 N–H and O–H groups in total. The molecule has 2 nitrogen and oxygen atoms in total. The highest BCUT2D eigenvalue weighted by Gasteiger charge is 2.08. The van der Waals surface area contributed by atoms with Crippen LogP contribution in [0.5, 0.6) is 0 Å². The highest BCUT2D eigenvalue weighted by atomic mass is 35.5. The third kappa shape index (κ3) is 3.48. The number of nitrogen functional groups attached to an aromatic ring is 1. The average molecular weight is 281 g/mol. The van der Waals surface area contributed by atoms with Gasteiger partial charge in [-0.15, -0.1) is 11.3 Å². The van der Waals surface area contributed by atoms with Gasteiger partial charge in [-0.1, -0.05) is 24.6 Å². The minimum atomic E-state index is 0.742. The van der Waals surface area contributed by atoms with Crippen molar-refractivity contribution in [3.05, 3.63) is 51.2 Å². The highest BCUT2D eigenvalue weighted by Crippen LogP contribution is 2.21. The van der Waals surface area contributed by atoms with Crippen LogP contribution in [0.15, 0.2) is 35.7 Å². The molecule has 1 heterocycles. The van der Waals surface area contributed by atoms with E-state index < -0.39 is 0 Å². The van der Waals surface area contributed by atoms with Crippen molar-refractivity contribution in [2.75, 3.05) is 12.3 Å². The van der Waals surface area contributed by atoms with Crippen molar-refractivity contribution in [2.45, 2.75) is 20.0 Å². The second-order valence-electron chi connectivity index (χ2n) is 4.23. The second kappa shape index (κ2) is 6.23. The molecule has 96 valence electrons. The lowest BCUT2D eigenvalue weighted by atomic mass is 10.1. The van der Waals surface area contributed by atoms with E-state index in [0.29, 0.717) is 0 Å². The van der Waals surface area contributed by atoms with Crippen LogP contribution in [0, 0.1) is 0 Å². The quantitative estimate of drug-likeness (QED) is 0.839. The first-order valence-electron chi connectivity index (χ1n) is 5.97. The van der Waals surface area contributed by atoms with Crippen molar-refractivity contribution in [2.24, 2.45) is 0 Å². The Morgan fingerprint density at radius 2 is 2.11 bits per heavy atom. The average Bonchev–Trinajstić information content (AvgIpc) is 2.85. The number of nitrogens with two attached hydrogens (primary N) is 1. The Morgan fingerprint density at radius 3 is 2.78 bits per heavy atom. The van der Waals surface area contributed by atoms with Gasteiger partial charge in [-0.05, 0) is 41.8 Å². The van der Waals surface area contributed by atoms with Gasteiger partial charge in [0.2, 0.25) is 0 Å². The van der Waals surface area contributed by atoms with Crippen LogP contribution in [0.2, 0.25) is 5.02 Å². The smallest absolute Gasteiger partial charge is 0.0410 e. The number of hydrogen-bond acceptors (Lipinski definition) is 3. The fourth-order valence-electron chi connectivity index (χ4n) is 1.85. The summed E-state index contributed by atoms with van der Waals surface area (Å²) in [5.41, 5.74) is 7.89. The Balaban J connectivity index is 2.07. The third-order valence-corrected chi connectivity index (χ3v) is 4.00. The SMILES string of the molecule is CCN(Cc1cccs1)Cc1cc(Cl)ccc1N. The molecule has 0 fully saturated rings. The maximum absolute atomic E-state index is 6.01. The van der Waals surface area contributed by atoms with Crippen molar-refractivity contribution in [1.29, 1.82) is 0 Å². The molecule has 0 atom stereocenters. The third-order valence-electron chi connectivity index (χ3n) is 2.91. The summed E-state index contributed by atoms with van der Waals surface area (Å²) in [5.74, 6) is 0. The molecule has 0 radical (unpaired) electrons. The molecule has 0 saturated carbocycles. The van der Waals surface area contributed by atoms with Crippen molar-refractivity contribution in [3.63, 3.8) is 0 Å². The molecule has 0 saturated heterocycles. The summed E-state index contributed by atoms with van der Waals surface area (Å²) in [5, 5.41) is 2.85. The fourth-order valence-corrected chi connectivity index (χ4v) is 2.80. The molecule has 1 aromatic heterocycles. The lowest BCUT2D eigenvalue weighted by Gasteiger charge is -2.20. The van der Waals surface area contributed by atoms with Crippen LogP contribution in [0.3, 0.4) is 0 Å². The van der Waals surface area contributed by atoms with Gasteiger partial charge in [-0.2, -0.15) is 0 Å². The lowest BCUT2D eigenvalue weighted by Crippen LogP contribution is -2.22. The predicted molar refractivity (Wildman–Crippen MR) is 80.0 cm³/mol. The Morgan fingerprint density at radius 1 is 1.28 bits per heavy atom. The standard InChI is InChI=1S/C14H17ClN2S/c1-2-17(10-13-4-3-7-18-13)9-11-8-12(15)5-6-14(11)16/h3-8H,2,9-10,16H2,1H3. The molecule has 0 amide bonds. The minimum absolute atomic E-state index is 0.742. The molecule has 0 aliphatic heterocycles. The van der Waals surface area contributed by atoms with Crippen LogP contribution >= 0.6 is 22.9 Å². The number of benzene rings is 1. The van der Waals surface area contributed by atoms with Gasteiger partial charge in [0.1, 0.15) is 0 Å². The Hall–Kier alpha value is -1.03. The van der Waals surface area contributed by atoms with E-state index in [4.69, 9.17) is 17.3 Å². The Bertz CT molecular complexity index is 497. The molecule has 2 aromatic rings. The van der Waals surface area contributed by atoms with E-state index in [1.54, 1.807) is 11.3 Å². The number of halogens is 1. The van der Waals surface area contributed by atoms with Crippen molar-refractivity contribution >= 4 is 28.6 Å². The van der Waals surface area contributed by atoms with E-state index >= 15 is 0 Å². The van der Waals surface area contributed by atoms with Gasteiger partial charge in [-0.3, -0.25) is 4.90 Å². The van der Waals surface area contributed by atoms with E-state index in [1.165, 1.54) is 4.88 Å². The Labute approximate surface area is 117 Å². The first-order chi connectivity index (χ1) is 8.69. The van der Waals surface area contributed by atoms with E-state index in [1.807, 2.05) is 18.2 Å². The van der Waals surface area contributed by atoms with Gasteiger partial charge in [0.15, 0.2) is 0 Å². The Kier molecular flexibility index (Phi) is 4.64. The van der Waals surface area contributed by atoms with Gasteiger partial charge < -0.3 is 5.73 Å². The van der Waals surface area contributed by atoms with Gasteiger partial charge >= 0.3 is 0 Å².